The summed E-state index contributed by atoms with van der Waals surface area (Å²) in [5.41, 5.74) is 4.38. The van der Waals surface area contributed by atoms with Crippen LogP contribution in [0.5, 0.6) is 0 Å². The van der Waals surface area contributed by atoms with E-state index in [2.05, 4.69) is 4.74 Å². The summed E-state index contributed by atoms with van der Waals surface area (Å²) in [6, 6.07) is 0. The van der Waals surface area contributed by atoms with E-state index >= 15 is 0 Å². The van der Waals surface area contributed by atoms with Gasteiger partial charge in [-0.05, 0) is 13.0 Å². The molecule has 1 unspecified atom stereocenters. The summed E-state index contributed by atoms with van der Waals surface area (Å²) >= 11 is 0. The van der Waals surface area contributed by atoms with Crippen LogP contribution in [-0.2, 0) is 9.53 Å². The minimum atomic E-state index is -0.899. The molecular weight excluding hydrogens is 146 g/mol. The molecule has 0 aromatic heterocycles. The molecular formula is C7H13NO3. The summed E-state index contributed by atoms with van der Waals surface area (Å²) in [4.78, 5) is 10.7. The molecule has 1 rings (SSSR count). The lowest BCUT2D eigenvalue weighted by atomic mass is 9.91. The van der Waals surface area contributed by atoms with Crippen LogP contribution in [0.4, 0.5) is 0 Å². The Hall–Kier alpha value is -0.610. The zero-order valence-electron chi connectivity index (χ0n) is 6.38. The number of carbonyl (C=O) groups is 1. The molecule has 0 radical (unpaired) electrons. The zero-order valence-corrected chi connectivity index (χ0v) is 6.38. The van der Waals surface area contributed by atoms with Crippen molar-refractivity contribution in [3.63, 3.8) is 0 Å². The van der Waals surface area contributed by atoms with E-state index in [0.29, 0.717) is 26.0 Å². The number of esters is 1. The molecule has 1 aliphatic heterocycles. The molecule has 4 heteroatoms. The van der Waals surface area contributed by atoms with Crippen LogP contribution in [0.1, 0.15) is 19.3 Å². The zero-order chi connectivity index (χ0) is 8.32. The normalized spacial score (nSPS) is 31.6. The van der Waals surface area contributed by atoms with Crippen LogP contribution in [0, 0.1) is 0 Å². The predicted molar refractivity (Wildman–Crippen MR) is 38.8 cm³/mol. The molecule has 0 amide bonds. The maximum Gasteiger partial charge on any atom is 0.308 e. The van der Waals surface area contributed by atoms with Crippen LogP contribution < -0.4 is 5.73 Å². The van der Waals surface area contributed by atoms with Crippen molar-refractivity contribution in [2.75, 3.05) is 13.2 Å². The van der Waals surface area contributed by atoms with Crippen LogP contribution in [0.2, 0.25) is 0 Å². The number of ether oxygens (including phenoxy) is 1. The van der Waals surface area contributed by atoms with E-state index in [1.165, 1.54) is 0 Å². The highest BCUT2D eigenvalue weighted by Gasteiger charge is 2.33. The maximum atomic E-state index is 10.7. The second kappa shape index (κ2) is 3.19. The third-order valence-electron chi connectivity index (χ3n) is 1.91. The summed E-state index contributed by atoms with van der Waals surface area (Å²) in [5.74, 6) is -0.327. The lowest BCUT2D eigenvalue weighted by Gasteiger charge is -2.30. The van der Waals surface area contributed by atoms with Gasteiger partial charge in [0.2, 0.25) is 0 Å². The van der Waals surface area contributed by atoms with E-state index in [-0.39, 0.29) is 12.4 Å². The maximum absolute atomic E-state index is 10.7. The van der Waals surface area contributed by atoms with E-state index in [1.54, 1.807) is 0 Å². The molecule has 1 aliphatic rings. The van der Waals surface area contributed by atoms with Crippen LogP contribution in [0.25, 0.3) is 0 Å². The van der Waals surface area contributed by atoms with Gasteiger partial charge in [0.1, 0.15) is 0 Å². The number of carbonyl (C=O) groups excluding carboxylic acids is 1. The van der Waals surface area contributed by atoms with E-state index in [1.807, 2.05) is 0 Å². The summed E-state index contributed by atoms with van der Waals surface area (Å²) in [6.07, 6.45) is 1.07. The number of aliphatic hydroxyl groups is 1. The monoisotopic (exact) mass is 159 g/mol. The molecule has 0 aromatic rings. The van der Waals surface area contributed by atoms with Gasteiger partial charge in [0.15, 0.2) is 0 Å². The highest BCUT2D eigenvalue weighted by molar-refractivity contribution is 5.71. The molecule has 64 valence electrons. The van der Waals surface area contributed by atoms with Crippen LogP contribution in [0.15, 0.2) is 0 Å². The lowest BCUT2D eigenvalue weighted by molar-refractivity contribution is -0.159. The summed E-state index contributed by atoms with van der Waals surface area (Å²) in [7, 11) is 0. The van der Waals surface area contributed by atoms with Gasteiger partial charge >= 0.3 is 5.97 Å². The fourth-order valence-corrected chi connectivity index (χ4v) is 1.25. The van der Waals surface area contributed by atoms with E-state index in [9.17, 15) is 9.90 Å². The first-order valence-corrected chi connectivity index (χ1v) is 3.74. The van der Waals surface area contributed by atoms with Gasteiger partial charge in [-0.1, -0.05) is 0 Å². The first-order chi connectivity index (χ1) is 5.16. The summed E-state index contributed by atoms with van der Waals surface area (Å²) in [6.45, 7) is 0.721. The SMILES string of the molecule is NCCC1(O)CCOC(=O)C1. The Balaban J connectivity index is 2.48. The second-order valence-electron chi connectivity index (χ2n) is 2.91. The Bertz CT molecular complexity index is 156. The van der Waals surface area contributed by atoms with Crippen LogP contribution in [0.3, 0.4) is 0 Å². The van der Waals surface area contributed by atoms with Crippen molar-refractivity contribution >= 4 is 5.97 Å². The average Bonchev–Trinajstić information content (AvgIpc) is 1.86. The standard InChI is InChI=1S/C7H13NO3/c8-3-1-7(10)2-4-11-6(9)5-7/h10H,1-5,8H2. The summed E-state index contributed by atoms with van der Waals surface area (Å²) < 4.78 is 4.68. The Morgan fingerprint density at radius 1 is 1.73 bits per heavy atom. The molecule has 0 saturated carbocycles. The molecule has 0 spiro atoms. The third kappa shape index (κ3) is 2.17. The third-order valence-corrected chi connectivity index (χ3v) is 1.91. The Morgan fingerprint density at radius 2 is 2.45 bits per heavy atom. The van der Waals surface area contributed by atoms with Gasteiger partial charge in [0.25, 0.3) is 0 Å². The van der Waals surface area contributed by atoms with Gasteiger partial charge < -0.3 is 15.6 Å². The molecule has 0 aromatic carbocycles. The molecule has 1 fully saturated rings. The smallest absolute Gasteiger partial charge is 0.308 e. The highest BCUT2D eigenvalue weighted by atomic mass is 16.5. The molecule has 0 bridgehead atoms. The van der Waals surface area contributed by atoms with Gasteiger partial charge in [-0.25, -0.2) is 0 Å². The fourth-order valence-electron chi connectivity index (χ4n) is 1.25. The quantitative estimate of drug-likeness (QED) is 0.528. The highest BCUT2D eigenvalue weighted by Crippen LogP contribution is 2.23. The Kier molecular flexibility index (Phi) is 2.46. The molecule has 1 atom stereocenters. The molecule has 4 nitrogen and oxygen atoms in total. The van der Waals surface area contributed by atoms with Gasteiger partial charge in [0.05, 0.1) is 18.6 Å². The predicted octanol–water partition coefficient (Wildman–Crippen LogP) is -0.597. The van der Waals surface area contributed by atoms with E-state index < -0.39 is 5.60 Å². The lowest BCUT2D eigenvalue weighted by Crippen LogP contribution is -2.40. The number of hydrogen-bond acceptors (Lipinski definition) is 4. The second-order valence-corrected chi connectivity index (χ2v) is 2.91. The molecule has 1 saturated heterocycles. The van der Waals surface area contributed by atoms with Crippen molar-refractivity contribution in [3.8, 4) is 0 Å². The number of nitrogens with two attached hydrogens (primary N) is 1. The van der Waals surface area contributed by atoms with Gasteiger partial charge in [-0.15, -0.1) is 0 Å². The van der Waals surface area contributed by atoms with Crippen molar-refractivity contribution in [3.05, 3.63) is 0 Å². The first-order valence-electron chi connectivity index (χ1n) is 3.74. The number of hydrogen-bond donors (Lipinski definition) is 2. The molecule has 0 aliphatic carbocycles. The van der Waals surface area contributed by atoms with Crippen LogP contribution >= 0.6 is 0 Å². The van der Waals surface area contributed by atoms with Gasteiger partial charge in [-0.2, -0.15) is 0 Å². The molecule has 3 N–H and O–H groups in total. The van der Waals surface area contributed by atoms with Crippen molar-refractivity contribution in [2.24, 2.45) is 5.73 Å². The molecule has 11 heavy (non-hydrogen) atoms. The first kappa shape index (κ1) is 8.49. The van der Waals surface area contributed by atoms with Crippen LogP contribution in [-0.4, -0.2) is 29.8 Å². The number of rotatable bonds is 2. The average molecular weight is 159 g/mol. The van der Waals surface area contributed by atoms with E-state index in [0.717, 1.165) is 0 Å². The Morgan fingerprint density at radius 3 is 3.00 bits per heavy atom. The van der Waals surface area contributed by atoms with Crippen molar-refractivity contribution < 1.29 is 14.6 Å². The Labute approximate surface area is 65.3 Å². The number of cyclic esters (lactones) is 1. The minimum Gasteiger partial charge on any atom is -0.465 e. The molecule has 1 heterocycles. The largest absolute Gasteiger partial charge is 0.465 e. The van der Waals surface area contributed by atoms with Gasteiger partial charge in [-0.3, -0.25) is 4.79 Å². The fraction of sp³-hybridized carbons (Fsp3) is 0.857. The van der Waals surface area contributed by atoms with Crippen molar-refractivity contribution in [2.45, 2.75) is 24.9 Å². The van der Waals surface area contributed by atoms with Crippen molar-refractivity contribution in [1.82, 2.24) is 0 Å². The topological polar surface area (TPSA) is 72.6 Å². The summed E-state index contributed by atoms with van der Waals surface area (Å²) in [5, 5.41) is 9.66. The van der Waals surface area contributed by atoms with Gasteiger partial charge in [0, 0.05) is 6.42 Å². The minimum absolute atomic E-state index is 0.0875. The van der Waals surface area contributed by atoms with E-state index in [4.69, 9.17) is 5.73 Å². The van der Waals surface area contributed by atoms with Crippen molar-refractivity contribution in [1.29, 1.82) is 0 Å².